The van der Waals surface area contributed by atoms with Crippen LogP contribution in [0.15, 0.2) is 18.2 Å². The molecule has 2 nitrogen and oxygen atoms in total. The number of anilines is 1. The van der Waals surface area contributed by atoms with E-state index in [4.69, 9.17) is 11.6 Å². The molecule has 0 atom stereocenters. The van der Waals surface area contributed by atoms with Gasteiger partial charge < -0.3 is 10.2 Å². The molecule has 1 aliphatic carbocycles. The summed E-state index contributed by atoms with van der Waals surface area (Å²) in [5, 5.41) is 4.33. The minimum Gasteiger partial charge on any atom is -0.373 e. The topological polar surface area (TPSA) is 15.3 Å². The second-order valence-corrected chi connectivity index (χ2v) is 5.66. The molecular formula is C15H23ClN2. The zero-order valence-electron chi connectivity index (χ0n) is 11.4. The molecule has 3 heteroatoms. The molecule has 1 aliphatic rings. The van der Waals surface area contributed by atoms with Crippen LogP contribution in [0.2, 0.25) is 5.02 Å². The van der Waals surface area contributed by atoms with Gasteiger partial charge in [0.05, 0.1) is 10.7 Å². The molecule has 0 radical (unpaired) electrons. The summed E-state index contributed by atoms with van der Waals surface area (Å²) in [6, 6.07) is 6.20. The van der Waals surface area contributed by atoms with Gasteiger partial charge in [0.2, 0.25) is 0 Å². The molecule has 0 unspecified atom stereocenters. The Balaban J connectivity index is 2.08. The molecule has 2 rings (SSSR count). The standard InChI is InChI=1S/C15H23ClN2/c1-3-9-17-10-13-5-4-6-14(16)15(13)18(2)11-12-7-8-12/h4-6,12,17H,3,7-11H2,1-2H3. The van der Waals surface area contributed by atoms with E-state index in [-0.39, 0.29) is 0 Å². The van der Waals surface area contributed by atoms with E-state index in [1.165, 1.54) is 24.1 Å². The summed E-state index contributed by atoms with van der Waals surface area (Å²) in [4.78, 5) is 2.32. The monoisotopic (exact) mass is 266 g/mol. The SMILES string of the molecule is CCCNCc1cccc(Cl)c1N(C)CC1CC1. The summed E-state index contributed by atoms with van der Waals surface area (Å²) >= 11 is 6.37. The lowest BCUT2D eigenvalue weighted by molar-refractivity contribution is 0.672. The lowest BCUT2D eigenvalue weighted by Crippen LogP contribution is -2.23. The zero-order chi connectivity index (χ0) is 13.0. The van der Waals surface area contributed by atoms with Crippen molar-refractivity contribution in [2.24, 2.45) is 5.92 Å². The van der Waals surface area contributed by atoms with Crippen molar-refractivity contribution in [1.29, 1.82) is 0 Å². The molecule has 1 N–H and O–H groups in total. The third-order valence-electron chi connectivity index (χ3n) is 3.42. The van der Waals surface area contributed by atoms with E-state index < -0.39 is 0 Å². The Labute approximate surface area is 115 Å². The van der Waals surface area contributed by atoms with E-state index in [9.17, 15) is 0 Å². The van der Waals surface area contributed by atoms with Gasteiger partial charge in [-0.15, -0.1) is 0 Å². The van der Waals surface area contributed by atoms with Crippen LogP contribution in [0, 0.1) is 5.92 Å². The predicted octanol–water partition coefficient (Wildman–Crippen LogP) is 3.69. The van der Waals surface area contributed by atoms with Crippen LogP contribution in [0.1, 0.15) is 31.7 Å². The van der Waals surface area contributed by atoms with E-state index in [0.29, 0.717) is 0 Å². The van der Waals surface area contributed by atoms with Gasteiger partial charge in [0.1, 0.15) is 0 Å². The van der Waals surface area contributed by atoms with Gasteiger partial charge in [-0.25, -0.2) is 0 Å². The smallest absolute Gasteiger partial charge is 0.0642 e. The fraction of sp³-hybridized carbons (Fsp3) is 0.600. The summed E-state index contributed by atoms with van der Waals surface area (Å²) in [5.41, 5.74) is 2.51. The number of hydrogen-bond acceptors (Lipinski definition) is 2. The van der Waals surface area contributed by atoms with Crippen molar-refractivity contribution >= 4 is 17.3 Å². The fourth-order valence-corrected chi connectivity index (χ4v) is 2.65. The number of rotatable bonds is 7. The molecule has 0 bridgehead atoms. The highest BCUT2D eigenvalue weighted by atomic mass is 35.5. The summed E-state index contributed by atoms with van der Waals surface area (Å²) in [6.07, 6.45) is 3.91. The molecule has 0 saturated heterocycles. The third-order valence-corrected chi connectivity index (χ3v) is 3.73. The maximum Gasteiger partial charge on any atom is 0.0642 e. The van der Waals surface area contributed by atoms with Crippen LogP contribution in [-0.2, 0) is 6.54 Å². The summed E-state index contributed by atoms with van der Waals surface area (Å²) in [5.74, 6) is 0.878. The van der Waals surface area contributed by atoms with E-state index in [1.807, 2.05) is 12.1 Å². The Bertz CT molecular complexity index is 388. The molecule has 1 aromatic rings. The molecule has 100 valence electrons. The number of para-hydroxylation sites is 1. The fourth-order valence-electron chi connectivity index (χ4n) is 2.31. The minimum atomic E-state index is 0.869. The highest BCUT2D eigenvalue weighted by molar-refractivity contribution is 6.33. The normalized spacial score (nSPS) is 14.8. The average molecular weight is 267 g/mol. The van der Waals surface area contributed by atoms with Crippen LogP contribution in [0.3, 0.4) is 0 Å². The van der Waals surface area contributed by atoms with Crippen LogP contribution in [0.25, 0.3) is 0 Å². The van der Waals surface area contributed by atoms with E-state index >= 15 is 0 Å². The molecule has 1 fully saturated rings. The van der Waals surface area contributed by atoms with Crippen molar-refractivity contribution in [3.63, 3.8) is 0 Å². The quantitative estimate of drug-likeness (QED) is 0.758. The predicted molar refractivity (Wildman–Crippen MR) is 79.4 cm³/mol. The minimum absolute atomic E-state index is 0.869. The number of halogens is 1. The lowest BCUT2D eigenvalue weighted by atomic mass is 10.1. The average Bonchev–Trinajstić information content (AvgIpc) is 3.13. The van der Waals surface area contributed by atoms with E-state index in [2.05, 4.69) is 30.3 Å². The summed E-state index contributed by atoms with van der Waals surface area (Å²) in [6.45, 7) is 5.27. The highest BCUT2D eigenvalue weighted by Gasteiger charge is 2.24. The molecule has 0 aliphatic heterocycles. The first-order chi connectivity index (χ1) is 8.72. The molecule has 18 heavy (non-hydrogen) atoms. The summed E-state index contributed by atoms with van der Waals surface area (Å²) < 4.78 is 0. The lowest BCUT2D eigenvalue weighted by Gasteiger charge is -2.24. The Kier molecular flexibility index (Phi) is 4.90. The van der Waals surface area contributed by atoms with Gasteiger partial charge in [-0.05, 0) is 43.4 Å². The summed E-state index contributed by atoms with van der Waals surface area (Å²) in [7, 11) is 2.16. The molecule has 0 spiro atoms. The zero-order valence-corrected chi connectivity index (χ0v) is 12.1. The Morgan fingerprint density at radius 1 is 1.39 bits per heavy atom. The van der Waals surface area contributed by atoms with Crippen molar-refractivity contribution in [3.8, 4) is 0 Å². The number of hydrogen-bond donors (Lipinski definition) is 1. The maximum absolute atomic E-state index is 6.37. The van der Waals surface area contributed by atoms with Gasteiger partial charge in [0.15, 0.2) is 0 Å². The van der Waals surface area contributed by atoms with Crippen molar-refractivity contribution < 1.29 is 0 Å². The number of nitrogens with one attached hydrogen (secondary N) is 1. The van der Waals surface area contributed by atoms with E-state index in [0.717, 1.165) is 37.0 Å². The van der Waals surface area contributed by atoms with Gasteiger partial charge in [-0.3, -0.25) is 0 Å². The van der Waals surface area contributed by atoms with Gasteiger partial charge >= 0.3 is 0 Å². The van der Waals surface area contributed by atoms with Crippen molar-refractivity contribution in [2.45, 2.75) is 32.7 Å². The molecule has 0 amide bonds. The number of nitrogens with zero attached hydrogens (tertiary/aromatic N) is 1. The first-order valence-corrected chi connectivity index (χ1v) is 7.29. The highest BCUT2D eigenvalue weighted by Crippen LogP contribution is 2.34. The Morgan fingerprint density at radius 3 is 2.83 bits per heavy atom. The molecule has 1 aromatic carbocycles. The van der Waals surface area contributed by atoms with Crippen LogP contribution < -0.4 is 10.2 Å². The van der Waals surface area contributed by atoms with Crippen LogP contribution >= 0.6 is 11.6 Å². The van der Waals surface area contributed by atoms with Crippen LogP contribution in [0.5, 0.6) is 0 Å². The maximum atomic E-state index is 6.37. The molecule has 1 saturated carbocycles. The second-order valence-electron chi connectivity index (χ2n) is 5.25. The van der Waals surface area contributed by atoms with Gasteiger partial charge in [0.25, 0.3) is 0 Å². The van der Waals surface area contributed by atoms with Gasteiger partial charge in [-0.2, -0.15) is 0 Å². The second kappa shape index (κ2) is 6.44. The van der Waals surface area contributed by atoms with Crippen LogP contribution in [0.4, 0.5) is 5.69 Å². The van der Waals surface area contributed by atoms with Crippen molar-refractivity contribution in [3.05, 3.63) is 28.8 Å². The van der Waals surface area contributed by atoms with Crippen molar-refractivity contribution in [1.82, 2.24) is 5.32 Å². The first-order valence-electron chi connectivity index (χ1n) is 6.91. The third kappa shape index (κ3) is 3.63. The van der Waals surface area contributed by atoms with Crippen molar-refractivity contribution in [2.75, 3.05) is 25.0 Å². The Hall–Kier alpha value is -0.730. The van der Waals surface area contributed by atoms with Gasteiger partial charge in [-0.1, -0.05) is 30.7 Å². The molecule has 0 heterocycles. The van der Waals surface area contributed by atoms with Crippen LogP contribution in [-0.4, -0.2) is 20.1 Å². The number of benzene rings is 1. The molecule has 0 aromatic heterocycles. The largest absolute Gasteiger partial charge is 0.373 e. The Morgan fingerprint density at radius 2 is 2.17 bits per heavy atom. The molecular weight excluding hydrogens is 244 g/mol. The first kappa shape index (κ1) is 13.7. The van der Waals surface area contributed by atoms with E-state index in [1.54, 1.807) is 0 Å². The van der Waals surface area contributed by atoms with Gasteiger partial charge in [0, 0.05) is 20.1 Å².